The van der Waals surface area contributed by atoms with Crippen LogP contribution in [0.4, 0.5) is 17.3 Å². The summed E-state index contributed by atoms with van der Waals surface area (Å²) in [6, 6.07) is 7.71. The summed E-state index contributed by atoms with van der Waals surface area (Å²) in [5, 5.41) is 6.21. The highest BCUT2D eigenvalue weighted by molar-refractivity contribution is 6.04. The number of hydrogen-bond acceptors (Lipinski definition) is 7. The molecule has 0 radical (unpaired) electrons. The van der Waals surface area contributed by atoms with E-state index < -0.39 is 5.91 Å². The number of carbonyl (C=O) groups is 2. The molecule has 1 aromatic carbocycles. The van der Waals surface area contributed by atoms with Crippen LogP contribution in [0.1, 0.15) is 17.5 Å². The van der Waals surface area contributed by atoms with Crippen LogP contribution in [0, 0.1) is 12.3 Å². The van der Waals surface area contributed by atoms with Gasteiger partial charge < -0.3 is 20.4 Å². The van der Waals surface area contributed by atoms with Crippen molar-refractivity contribution in [3.8, 4) is 12.3 Å². The lowest BCUT2D eigenvalue weighted by molar-refractivity contribution is -0.117. The Hall–Kier alpha value is -4.29. The Morgan fingerprint density at radius 2 is 2.00 bits per heavy atom. The molecule has 2 amide bonds. The van der Waals surface area contributed by atoms with Crippen LogP contribution in [0.3, 0.4) is 0 Å². The summed E-state index contributed by atoms with van der Waals surface area (Å²) in [6.45, 7) is 2.17. The first-order valence-electron chi connectivity index (χ1n) is 11.3. The number of anilines is 3. The molecular formula is C26H27N7O2. The molecule has 3 aromatic rings. The topological polar surface area (TPSA) is 103 Å². The summed E-state index contributed by atoms with van der Waals surface area (Å²) in [4.78, 5) is 41.5. The van der Waals surface area contributed by atoms with E-state index in [0.29, 0.717) is 23.7 Å². The Balaban J connectivity index is 1.48. The molecule has 1 aliphatic heterocycles. The van der Waals surface area contributed by atoms with Crippen molar-refractivity contribution in [2.75, 3.05) is 43.9 Å². The van der Waals surface area contributed by atoms with Crippen molar-refractivity contribution in [2.45, 2.75) is 12.8 Å². The molecule has 0 unspecified atom stereocenters. The first kappa shape index (κ1) is 23.9. The van der Waals surface area contributed by atoms with Gasteiger partial charge in [-0.2, -0.15) is 0 Å². The number of amides is 2. The van der Waals surface area contributed by atoms with E-state index >= 15 is 0 Å². The van der Waals surface area contributed by atoms with Gasteiger partial charge in [-0.15, -0.1) is 6.42 Å². The fraction of sp³-hybridized carbons (Fsp3) is 0.269. The zero-order valence-electron chi connectivity index (χ0n) is 19.8. The van der Waals surface area contributed by atoms with E-state index in [9.17, 15) is 9.59 Å². The number of nitrogens with zero attached hydrogens (tertiary/aromatic N) is 5. The zero-order valence-corrected chi connectivity index (χ0v) is 19.8. The maximum Gasteiger partial charge on any atom is 0.249 e. The highest BCUT2D eigenvalue weighted by atomic mass is 16.2. The average Bonchev–Trinajstić information content (AvgIpc) is 3.28. The summed E-state index contributed by atoms with van der Waals surface area (Å²) in [7, 11) is 3.95. The van der Waals surface area contributed by atoms with E-state index in [1.54, 1.807) is 12.3 Å². The minimum absolute atomic E-state index is 0.319. The van der Waals surface area contributed by atoms with Crippen molar-refractivity contribution in [2.24, 2.45) is 0 Å². The number of carbonyl (C=O) groups excluding carboxylic acids is 2. The van der Waals surface area contributed by atoms with Crippen molar-refractivity contribution >= 4 is 40.0 Å². The molecule has 0 fully saturated rings. The van der Waals surface area contributed by atoms with Crippen molar-refractivity contribution < 1.29 is 9.59 Å². The molecule has 3 heterocycles. The van der Waals surface area contributed by atoms with Crippen LogP contribution in [-0.2, 0) is 16.0 Å². The van der Waals surface area contributed by atoms with E-state index in [2.05, 4.69) is 36.4 Å². The molecule has 0 aliphatic carbocycles. The van der Waals surface area contributed by atoms with Crippen LogP contribution in [0.15, 0.2) is 48.9 Å². The van der Waals surface area contributed by atoms with Crippen LogP contribution >= 0.6 is 0 Å². The van der Waals surface area contributed by atoms with E-state index in [4.69, 9.17) is 6.42 Å². The Bertz CT molecular complexity index is 1330. The van der Waals surface area contributed by atoms with Crippen LogP contribution in [0.5, 0.6) is 0 Å². The lowest BCUT2D eigenvalue weighted by Gasteiger charge is -2.20. The number of rotatable bonds is 8. The van der Waals surface area contributed by atoms with Crippen molar-refractivity contribution in [1.29, 1.82) is 0 Å². The Morgan fingerprint density at radius 1 is 1.17 bits per heavy atom. The smallest absolute Gasteiger partial charge is 0.249 e. The van der Waals surface area contributed by atoms with Gasteiger partial charge in [-0.3, -0.25) is 9.59 Å². The van der Waals surface area contributed by atoms with Gasteiger partial charge in [0.15, 0.2) is 0 Å². The maximum absolute atomic E-state index is 12.4. The van der Waals surface area contributed by atoms with E-state index in [1.165, 1.54) is 24.0 Å². The Kier molecular flexibility index (Phi) is 7.33. The molecule has 35 heavy (non-hydrogen) atoms. The van der Waals surface area contributed by atoms with Crippen LogP contribution in [-0.4, -0.2) is 65.4 Å². The number of terminal acetylenes is 1. The summed E-state index contributed by atoms with van der Waals surface area (Å²) in [5.41, 5.74) is 3.67. The molecule has 0 spiro atoms. The van der Waals surface area contributed by atoms with Crippen LogP contribution < -0.4 is 15.5 Å². The summed E-state index contributed by atoms with van der Waals surface area (Å²) in [6.07, 6.45) is 12.8. The SMILES string of the molecule is C#Cc1ccc2c(c1)N(c1ncnc3cnc(NC(=O)C=CC(=O)NCCCN(C)C)cc13)CC2. The molecule has 0 saturated carbocycles. The van der Waals surface area contributed by atoms with E-state index in [0.717, 1.165) is 42.6 Å². The van der Waals surface area contributed by atoms with Gasteiger partial charge in [0.2, 0.25) is 11.8 Å². The number of aromatic nitrogens is 3. The van der Waals surface area contributed by atoms with Gasteiger partial charge in [0, 0.05) is 41.9 Å². The molecule has 0 saturated heterocycles. The predicted molar refractivity (Wildman–Crippen MR) is 136 cm³/mol. The van der Waals surface area contributed by atoms with Gasteiger partial charge in [-0.1, -0.05) is 12.0 Å². The molecule has 2 aromatic heterocycles. The first-order valence-corrected chi connectivity index (χ1v) is 11.3. The molecule has 178 valence electrons. The van der Waals surface area contributed by atoms with Gasteiger partial charge in [0.25, 0.3) is 0 Å². The summed E-state index contributed by atoms with van der Waals surface area (Å²) < 4.78 is 0. The molecule has 0 bridgehead atoms. The molecule has 2 N–H and O–H groups in total. The number of benzene rings is 1. The van der Waals surface area contributed by atoms with Crippen molar-refractivity contribution in [3.63, 3.8) is 0 Å². The quantitative estimate of drug-likeness (QED) is 0.296. The third-order valence-electron chi connectivity index (χ3n) is 5.62. The normalized spacial score (nSPS) is 12.7. The number of pyridine rings is 1. The first-order chi connectivity index (χ1) is 16.9. The second kappa shape index (κ2) is 10.8. The highest BCUT2D eigenvalue weighted by Crippen LogP contribution is 2.37. The lowest BCUT2D eigenvalue weighted by Crippen LogP contribution is -2.25. The molecule has 0 atom stereocenters. The molecular weight excluding hydrogens is 442 g/mol. The number of fused-ring (bicyclic) bond motifs is 2. The van der Waals surface area contributed by atoms with Gasteiger partial charge in [0.05, 0.1) is 11.7 Å². The van der Waals surface area contributed by atoms with Gasteiger partial charge in [-0.05, 0) is 57.2 Å². The van der Waals surface area contributed by atoms with Crippen LogP contribution in [0.25, 0.3) is 10.9 Å². The fourth-order valence-corrected chi connectivity index (χ4v) is 3.90. The predicted octanol–water partition coefficient (Wildman–Crippen LogP) is 2.26. The van der Waals surface area contributed by atoms with E-state index in [-0.39, 0.29) is 5.91 Å². The fourth-order valence-electron chi connectivity index (χ4n) is 3.90. The minimum atomic E-state index is -0.455. The van der Waals surface area contributed by atoms with Gasteiger partial charge >= 0.3 is 0 Å². The third kappa shape index (κ3) is 5.80. The van der Waals surface area contributed by atoms with Gasteiger partial charge in [0.1, 0.15) is 18.0 Å². The molecule has 1 aliphatic rings. The lowest BCUT2D eigenvalue weighted by atomic mass is 10.1. The summed E-state index contributed by atoms with van der Waals surface area (Å²) in [5.74, 6) is 2.96. The van der Waals surface area contributed by atoms with E-state index in [1.807, 2.05) is 37.2 Å². The Morgan fingerprint density at radius 3 is 2.80 bits per heavy atom. The average molecular weight is 470 g/mol. The monoisotopic (exact) mass is 469 g/mol. The van der Waals surface area contributed by atoms with Crippen molar-refractivity contribution in [1.82, 2.24) is 25.2 Å². The zero-order chi connectivity index (χ0) is 24.8. The van der Waals surface area contributed by atoms with Gasteiger partial charge in [-0.25, -0.2) is 15.0 Å². The van der Waals surface area contributed by atoms with Crippen LogP contribution in [0.2, 0.25) is 0 Å². The largest absolute Gasteiger partial charge is 0.353 e. The minimum Gasteiger partial charge on any atom is -0.353 e. The standard InChI is InChI=1S/C26H27N7O2/c1-4-18-6-7-19-10-13-33(22(19)14-18)26-20-15-23(28-16-21(20)29-17-30-26)31-25(35)9-8-24(34)27-11-5-12-32(2)3/h1,6-9,14-17H,5,10-13H2,2-3H3,(H,27,34)(H,28,31,35). The second-order valence-corrected chi connectivity index (χ2v) is 8.44. The molecule has 9 heteroatoms. The third-order valence-corrected chi connectivity index (χ3v) is 5.62. The second-order valence-electron chi connectivity index (χ2n) is 8.44. The highest BCUT2D eigenvalue weighted by Gasteiger charge is 2.23. The molecule has 9 nitrogen and oxygen atoms in total. The Labute approximate surface area is 204 Å². The maximum atomic E-state index is 12.4. The molecule has 4 rings (SSSR count). The summed E-state index contributed by atoms with van der Waals surface area (Å²) >= 11 is 0. The van der Waals surface area contributed by atoms with Crippen molar-refractivity contribution in [3.05, 3.63) is 60.1 Å². The number of hydrogen-bond donors (Lipinski definition) is 2. The number of nitrogens with one attached hydrogen (secondary N) is 2.